The molecule has 0 radical (unpaired) electrons. The van der Waals surface area contributed by atoms with E-state index in [4.69, 9.17) is 5.14 Å². The van der Waals surface area contributed by atoms with Gasteiger partial charge < -0.3 is 10.6 Å². The van der Waals surface area contributed by atoms with Gasteiger partial charge in [0.1, 0.15) is 0 Å². The average molecular weight is 367 g/mol. The fourth-order valence-corrected chi connectivity index (χ4v) is 3.81. The lowest BCUT2D eigenvalue weighted by Crippen LogP contribution is -2.37. The topological polar surface area (TPSA) is 96.6 Å². The molecule has 140 valence electrons. The molecule has 0 amide bonds. The van der Waals surface area contributed by atoms with E-state index < -0.39 is 10.0 Å². The molecule has 0 atom stereocenters. The first-order chi connectivity index (χ1) is 12.0. The van der Waals surface area contributed by atoms with Crippen molar-refractivity contribution in [3.05, 3.63) is 29.8 Å². The van der Waals surface area contributed by atoms with Gasteiger partial charge in [0.25, 0.3) is 0 Å². The molecule has 1 aromatic carbocycles. The molecule has 1 aromatic rings. The van der Waals surface area contributed by atoms with Crippen LogP contribution in [-0.4, -0.2) is 27.5 Å². The van der Waals surface area contributed by atoms with Crippen molar-refractivity contribution in [3.63, 3.8) is 0 Å². The number of aliphatic imine (C=N–C) groups is 1. The predicted octanol–water partition coefficient (Wildman–Crippen LogP) is 2.36. The molecule has 2 rings (SSSR count). The molecular weight excluding hydrogens is 336 g/mol. The van der Waals surface area contributed by atoms with E-state index in [-0.39, 0.29) is 4.90 Å². The van der Waals surface area contributed by atoms with Gasteiger partial charge >= 0.3 is 0 Å². The van der Waals surface area contributed by atoms with Crippen LogP contribution in [0.5, 0.6) is 0 Å². The lowest BCUT2D eigenvalue weighted by atomic mass is 10.0. The molecule has 1 aliphatic carbocycles. The Balaban J connectivity index is 1.85. The zero-order valence-corrected chi connectivity index (χ0v) is 15.8. The van der Waals surface area contributed by atoms with Crippen molar-refractivity contribution in [1.29, 1.82) is 0 Å². The molecular formula is C18H30N4O2S. The van der Waals surface area contributed by atoms with Crippen LogP contribution in [0.15, 0.2) is 34.2 Å². The first-order valence-electron chi connectivity index (χ1n) is 9.13. The normalized spacial score (nSPS) is 16.2. The first-order valence-corrected chi connectivity index (χ1v) is 10.7. The van der Waals surface area contributed by atoms with Gasteiger partial charge in [0.15, 0.2) is 5.96 Å². The largest absolute Gasteiger partial charge is 0.357 e. The minimum Gasteiger partial charge on any atom is -0.357 e. The number of nitrogens with one attached hydrogen (secondary N) is 2. The third-order valence-electron chi connectivity index (χ3n) is 4.55. The number of hydrogen-bond donors (Lipinski definition) is 3. The van der Waals surface area contributed by atoms with Crippen LogP contribution in [0.1, 0.15) is 51.0 Å². The minimum atomic E-state index is -3.68. The van der Waals surface area contributed by atoms with E-state index in [9.17, 15) is 8.42 Å². The molecule has 0 aromatic heterocycles. The van der Waals surface area contributed by atoms with E-state index in [1.165, 1.54) is 38.2 Å². The summed E-state index contributed by atoms with van der Waals surface area (Å²) in [5, 5.41) is 11.8. The van der Waals surface area contributed by atoms with Crippen LogP contribution in [0, 0.1) is 5.92 Å². The fourth-order valence-electron chi connectivity index (χ4n) is 3.23. The highest BCUT2D eigenvalue weighted by Gasteiger charge is 2.14. The maximum absolute atomic E-state index is 11.4. The highest BCUT2D eigenvalue weighted by molar-refractivity contribution is 7.89. The van der Waals surface area contributed by atoms with Gasteiger partial charge in [0, 0.05) is 13.1 Å². The molecule has 1 saturated carbocycles. The van der Waals surface area contributed by atoms with Gasteiger partial charge in [-0.1, -0.05) is 37.8 Å². The van der Waals surface area contributed by atoms with Crippen molar-refractivity contribution >= 4 is 16.0 Å². The van der Waals surface area contributed by atoms with Crippen LogP contribution >= 0.6 is 0 Å². The van der Waals surface area contributed by atoms with Crippen molar-refractivity contribution in [2.45, 2.75) is 56.9 Å². The average Bonchev–Trinajstić information content (AvgIpc) is 3.09. The molecule has 1 aliphatic rings. The number of sulfonamides is 1. The third kappa shape index (κ3) is 7.04. The lowest BCUT2D eigenvalue weighted by Gasteiger charge is -2.13. The van der Waals surface area contributed by atoms with E-state index in [1.54, 1.807) is 12.1 Å². The second kappa shape index (κ2) is 9.77. The van der Waals surface area contributed by atoms with Gasteiger partial charge in [-0.25, -0.2) is 18.5 Å². The molecule has 0 saturated heterocycles. The van der Waals surface area contributed by atoms with Crippen LogP contribution < -0.4 is 15.8 Å². The van der Waals surface area contributed by atoms with Gasteiger partial charge in [0.2, 0.25) is 10.0 Å². The van der Waals surface area contributed by atoms with Gasteiger partial charge in [-0.05, 0) is 43.4 Å². The summed E-state index contributed by atoms with van der Waals surface area (Å²) in [5.41, 5.74) is 0.815. The van der Waals surface area contributed by atoms with Gasteiger partial charge in [0.05, 0.1) is 11.4 Å². The van der Waals surface area contributed by atoms with Gasteiger partial charge in [-0.15, -0.1) is 0 Å². The number of hydrogen-bond acceptors (Lipinski definition) is 3. The summed E-state index contributed by atoms with van der Waals surface area (Å²) in [5.74, 6) is 1.66. The van der Waals surface area contributed by atoms with Crippen LogP contribution in [0.25, 0.3) is 0 Å². The maximum atomic E-state index is 11.4. The molecule has 0 heterocycles. The van der Waals surface area contributed by atoms with Crippen molar-refractivity contribution in [2.75, 3.05) is 13.1 Å². The number of nitrogens with zero attached hydrogens (tertiary/aromatic N) is 1. The zero-order chi connectivity index (χ0) is 18.1. The molecule has 7 heteroatoms. The van der Waals surface area contributed by atoms with E-state index in [0.717, 1.165) is 37.0 Å². The summed E-state index contributed by atoms with van der Waals surface area (Å²) in [6, 6.07) is 6.60. The van der Waals surface area contributed by atoms with Crippen molar-refractivity contribution < 1.29 is 8.42 Å². The summed E-state index contributed by atoms with van der Waals surface area (Å²) >= 11 is 0. The summed E-state index contributed by atoms with van der Waals surface area (Å²) in [6.45, 7) is 4.11. The van der Waals surface area contributed by atoms with E-state index in [1.807, 2.05) is 13.0 Å². The Bertz CT molecular complexity index is 667. The fraction of sp³-hybridized carbons (Fsp3) is 0.611. The van der Waals surface area contributed by atoms with Crippen LogP contribution in [0.4, 0.5) is 0 Å². The summed E-state index contributed by atoms with van der Waals surface area (Å²) < 4.78 is 22.9. The second-order valence-electron chi connectivity index (χ2n) is 6.61. The number of rotatable bonds is 8. The Labute approximate surface area is 151 Å². The van der Waals surface area contributed by atoms with E-state index in [0.29, 0.717) is 6.54 Å². The Kier molecular flexibility index (Phi) is 7.71. The highest BCUT2D eigenvalue weighted by Crippen LogP contribution is 2.28. The summed E-state index contributed by atoms with van der Waals surface area (Å²) in [7, 11) is -3.68. The summed E-state index contributed by atoms with van der Waals surface area (Å²) in [4.78, 5) is 4.66. The number of guanidine groups is 1. The first kappa shape index (κ1) is 19.7. The monoisotopic (exact) mass is 366 g/mol. The standard InChI is InChI=1S/C18H30N4O2S/c1-2-20-18(21-12-6-10-15-7-3-4-8-15)22-14-16-9-5-11-17(13-16)25(19,23)24/h5,9,11,13,15H,2-4,6-8,10,12,14H2,1H3,(H2,19,23,24)(H2,20,21,22). The van der Waals surface area contributed by atoms with Crippen molar-refractivity contribution in [3.8, 4) is 0 Å². The predicted molar refractivity (Wildman–Crippen MR) is 102 cm³/mol. The van der Waals surface area contributed by atoms with Gasteiger partial charge in [-0.2, -0.15) is 0 Å². The zero-order valence-electron chi connectivity index (χ0n) is 15.0. The number of nitrogens with two attached hydrogens (primary N) is 1. The molecule has 0 aliphatic heterocycles. The van der Waals surface area contributed by atoms with Crippen molar-refractivity contribution in [2.24, 2.45) is 16.0 Å². The Morgan fingerprint density at radius 1 is 1.28 bits per heavy atom. The Morgan fingerprint density at radius 3 is 2.72 bits per heavy atom. The highest BCUT2D eigenvalue weighted by atomic mass is 32.2. The molecule has 4 N–H and O–H groups in total. The molecule has 1 fully saturated rings. The van der Waals surface area contributed by atoms with Crippen molar-refractivity contribution in [1.82, 2.24) is 10.6 Å². The van der Waals surface area contributed by atoms with E-state index in [2.05, 4.69) is 15.6 Å². The van der Waals surface area contributed by atoms with E-state index >= 15 is 0 Å². The summed E-state index contributed by atoms with van der Waals surface area (Å²) in [6.07, 6.45) is 7.97. The molecule has 0 spiro atoms. The Hall–Kier alpha value is -1.60. The number of benzene rings is 1. The quantitative estimate of drug-likeness (QED) is 0.374. The van der Waals surface area contributed by atoms with Crippen LogP contribution in [0.3, 0.4) is 0 Å². The second-order valence-corrected chi connectivity index (χ2v) is 8.17. The lowest BCUT2D eigenvalue weighted by molar-refractivity contribution is 0.481. The SMILES string of the molecule is CCNC(=NCc1cccc(S(N)(=O)=O)c1)NCCCC1CCCC1. The molecule has 0 bridgehead atoms. The Morgan fingerprint density at radius 2 is 2.04 bits per heavy atom. The number of primary sulfonamides is 1. The van der Waals surface area contributed by atoms with Crippen LogP contribution in [-0.2, 0) is 16.6 Å². The molecule has 25 heavy (non-hydrogen) atoms. The smallest absolute Gasteiger partial charge is 0.238 e. The molecule has 0 unspecified atom stereocenters. The molecule has 6 nitrogen and oxygen atoms in total. The maximum Gasteiger partial charge on any atom is 0.238 e. The van der Waals surface area contributed by atoms with Gasteiger partial charge in [-0.3, -0.25) is 0 Å². The third-order valence-corrected chi connectivity index (χ3v) is 5.46. The van der Waals surface area contributed by atoms with Crippen LogP contribution in [0.2, 0.25) is 0 Å². The minimum absolute atomic E-state index is 0.120.